The predicted molar refractivity (Wildman–Crippen MR) is 188 cm³/mol. The van der Waals surface area contributed by atoms with Crippen LogP contribution in [-0.4, -0.2) is 9.13 Å². The molecular formula is C42H26N2O. The summed E-state index contributed by atoms with van der Waals surface area (Å²) in [6.07, 6.45) is 0. The standard InChI is InChI=1S/C42H26N2O/c1-2-12-27(13-3-1)29-23-25-40-41(33-17-7-11-21-39(33)45-40)42(29)44-37-20-10-6-16-32(37)34-26-28(22-24-38(34)44)43-35-18-8-4-14-30(35)31-15-5-9-19-36(31)43/h1-26H/i1D,2D,3D,4D,5D,6D,7D,8D,9D,10D,11D,12D,13D,14D,15D,16D,17D,18D,19D,20D,21D,22D,23D,24D,25D,26D. The summed E-state index contributed by atoms with van der Waals surface area (Å²) >= 11 is 0. The number of hydrogen-bond acceptors (Lipinski definition) is 1. The lowest BCUT2D eigenvalue weighted by Crippen LogP contribution is -1.99. The zero-order chi connectivity index (χ0) is 52.1. The molecular weight excluding hydrogens is 548 g/mol. The van der Waals surface area contributed by atoms with Gasteiger partial charge in [0, 0.05) is 38.2 Å². The average Bonchev–Trinajstić information content (AvgIpc) is 4.03. The number of para-hydroxylation sites is 4. The number of nitrogens with zero attached hydrogens (tertiary/aromatic N) is 2. The molecule has 3 heterocycles. The summed E-state index contributed by atoms with van der Waals surface area (Å²) in [5.74, 6) is 0. The third kappa shape index (κ3) is 3.41. The first-order valence-electron chi connectivity index (χ1n) is 26.2. The lowest BCUT2D eigenvalue weighted by Gasteiger charge is -2.16. The number of benzene rings is 7. The highest BCUT2D eigenvalue weighted by molar-refractivity contribution is 6.17. The smallest absolute Gasteiger partial charge is 0.137 e. The van der Waals surface area contributed by atoms with Crippen LogP contribution in [0.1, 0.15) is 35.6 Å². The molecule has 10 rings (SSSR count). The van der Waals surface area contributed by atoms with E-state index in [0.717, 1.165) is 9.13 Å². The van der Waals surface area contributed by atoms with Crippen LogP contribution < -0.4 is 0 Å². The van der Waals surface area contributed by atoms with Gasteiger partial charge in [-0.1, -0.05) is 103 Å². The van der Waals surface area contributed by atoms with Crippen molar-refractivity contribution in [3.05, 3.63) is 157 Å². The molecule has 0 aliphatic carbocycles. The van der Waals surface area contributed by atoms with E-state index in [1.54, 1.807) is 0 Å². The highest BCUT2D eigenvalue weighted by atomic mass is 16.3. The predicted octanol–water partition coefficient (Wildman–Crippen LogP) is 11.4. The van der Waals surface area contributed by atoms with Crippen molar-refractivity contribution in [2.24, 2.45) is 0 Å². The summed E-state index contributed by atoms with van der Waals surface area (Å²) in [6.45, 7) is 0. The van der Waals surface area contributed by atoms with Crippen molar-refractivity contribution in [2.45, 2.75) is 0 Å². The van der Waals surface area contributed by atoms with E-state index in [2.05, 4.69) is 0 Å². The summed E-state index contributed by atoms with van der Waals surface area (Å²) in [6, 6.07) is -23.2. The van der Waals surface area contributed by atoms with E-state index in [9.17, 15) is 9.60 Å². The Hall–Kier alpha value is -6.06. The quantitative estimate of drug-likeness (QED) is 0.198. The lowest BCUT2D eigenvalue weighted by molar-refractivity contribution is 0.669. The molecule has 210 valence electrons. The largest absolute Gasteiger partial charge is 0.456 e. The molecule has 0 spiro atoms. The van der Waals surface area contributed by atoms with Crippen LogP contribution in [0.2, 0.25) is 0 Å². The second-order valence-electron chi connectivity index (χ2n) is 9.77. The van der Waals surface area contributed by atoms with Gasteiger partial charge in [0.05, 0.1) is 68.8 Å². The number of fused-ring (bicyclic) bond motifs is 9. The van der Waals surface area contributed by atoms with Crippen LogP contribution in [-0.2, 0) is 0 Å². The molecule has 45 heavy (non-hydrogen) atoms. The third-order valence-corrected chi connectivity index (χ3v) is 7.48. The molecule has 0 fully saturated rings. The highest BCUT2D eigenvalue weighted by Crippen LogP contribution is 2.44. The van der Waals surface area contributed by atoms with Crippen LogP contribution in [0, 0.1) is 0 Å². The summed E-state index contributed by atoms with van der Waals surface area (Å²) in [5.41, 5.74) is -6.90. The van der Waals surface area contributed by atoms with E-state index in [0.29, 0.717) is 0 Å². The van der Waals surface area contributed by atoms with Crippen molar-refractivity contribution in [2.75, 3.05) is 0 Å². The van der Waals surface area contributed by atoms with E-state index < -0.39 is 245 Å². The molecule has 0 amide bonds. The highest BCUT2D eigenvalue weighted by Gasteiger charge is 2.22. The van der Waals surface area contributed by atoms with Gasteiger partial charge in [0.1, 0.15) is 11.2 Å². The molecule has 0 N–H and O–H groups in total. The van der Waals surface area contributed by atoms with E-state index in [1.807, 2.05) is 0 Å². The second kappa shape index (κ2) is 9.22. The molecule has 0 saturated carbocycles. The third-order valence-electron chi connectivity index (χ3n) is 7.48. The minimum absolute atomic E-state index is 0.465. The van der Waals surface area contributed by atoms with Gasteiger partial charge in [-0.2, -0.15) is 0 Å². The molecule has 3 heteroatoms. The fourth-order valence-corrected chi connectivity index (χ4v) is 5.70. The van der Waals surface area contributed by atoms with Crippen LogP contribution in [0.3, 0.4) is 0 Å². The van der Waals surface area contributed by atoms with Crippen LogP contribution in [0.15, 0.2) is 162 Å². The Morgan fingerprint density at radius 2 is 0.978 bits per heavy atom. The average molecular weight is 601 g/mol. The van der Waals surface area contributed by atoms with Gasteiger partial charge in [-0.25, -0.2) is 0 Å². The van der Waals surface area contributed by atoms with Crippen LogP contribution in [0.5, 0.6) is 0 Å². The Morgan fingerprint density at radius 1 is 0.422 bits per heavy atom. The second-order valence-corrected chi connectivity index (χ2v) is 9.77. The number of rotatable bonds is 3. The first-order valence-corrected chi connectivity index (χ1v) is 13.2. The van der Waals surface area contributed by atoms with Crippen molar-refractivity contribution < 1.29 is 40.1 Å². The molecule has 0 unspecified atom stereocenters. The fourth-order valence-electron chi connectivity index (χ4n) is 5.70. The van der Waals surface area contributed by atoms with Crippen molar-refractivity contribution >= 4 is 65.6 Å². The molecule has 0 aliphatic rings. The van der Waals surface area contributed by atoms with Crippen LogP contribution in [0.25, 0.3) is 88.1 Å². The summed E-state index contributed by atoms with van der Waals surface area (Å²) in [5, 5.41) is -3.28. The maximum absolute atomic E-state index is 10.0. The fraction of sp³-hybridized carbons (Fsp3) is 0. The number of furan rings is 1. The van der Waals surface area contributed by atoms with Crippen molar-refractivity contribution in [1.29, 1.82) is 0 Å². The molecule has 3 nitrogen and oxygen atoms in total. The van der Waals surface area contributed by atoms with Gasteiger partial charge in [0.25, 0.3) is 0 Å². The maximum atomic E-state index is 10.0. The van der Waals surface area contributed by atoms with Gasteiger partial charge < -0.3 is 13.6 Å². The molecule has 10 aromatic rings. The summed E-state index contributed by atoms with van der Waals surface area (Å²) < 4.78 is 241. The minimum atomic E-state index is -1.04. The first kappa shape index (κ1) is 10.3. The van der Waals surface area contributed by atoms with Crippen molar-refractivity contribution in [3.8, 4) is 22.5 Å². The number of hydrogen-bond donors (Lipinski definition) is 0. The topological polar surface area (TPSA) is 23.0 Å². The van der Waals surface area contributed by atoms with Gasteiger partial charge in [0.15, 0.2) is 0 Å². The molecule has 0 radical (unpaired) electrons. The number of aromatic nitrogens is 2. The van der Waals surface area contributed by atoms with Crippen LogP contribution in [0.4, 0.5) is 0 Å². The zero-order valence-electron chi connectivity index (χ0n) is 48.3. The molecule has 0 aliphatic heterocycles. The van der Waals surface area contributed by atoms with Crippen molar-refractivity contribution in [1.82, 2.24) is 9.13 Å². The summed E-state index contributed by atoms with van der Waals surface area (Å²) in [4.78, 5) is 0. The van der Waals surface area contributed by atoms with E-state index in [1.165, 1.54) is 0 Å². The zero-order valence-corrected chi connectivity index (χ0v) is 22.3. The Morgan fingerprint density at radius 3 is 1.69 bits per heavy atom. The monoisotopic (exact) mass is 600 g/mol. The van der Waals surface area contributed by atoms with Gasteiger partial charge in [-0.3, -0.25) is 0 Å². The van der Waals surface area contributed by atoms with Gasteiger partial charge in [-0.15, -0.1) is 0 Å². The Balaban J connectivity index is 1.57. The Labute approximate surface area is 295 Å². The SMILES string of the molecule is [2H]c1c([2H])c([2H])c(-c2c([2H])c([2H])c3oc4c([2H])c([2H])c([2H])c([2H])c4c3c2-n2c3c([2H])c([2H])c([2H])c([2H])c3c3c([2H])c(-n4c5c([2H])c([2H])c([2H])c([2H])c5c5c([2H])c([2H])c([2H])c([2H])c54)c([2H])c([2H])c32)c([2H])c1[2H]. The normalized spacial score (nSPS) is 20.1. The van der Waals surface area contributed by atoms with Crippen LogP contribution >= 0.6 is 0 Å². The molecule has 3 aromatic heterocycles. The van der Waals surface area contributed by atoms with Gasteiger partial charge in [0.2, 0.25) is 0 Å². The van der Waals surface area contributed by atoms with E-state index >= 15 is 0 Å². The van der Waals surface area contributed by atoms with E-state index in [4.69, 9.17) is 30.5 Å². The Bertz CT molecular complexity index is 4140. The Kier molecular flexibility index (Phi) is 2.10. The lowest BCUT2D eigenvalue weighted by atomic mass is 9.99. The maximum Gasteiger partial charge on any atom is 0.137 e. The van der Waals surface area contributed by atoms with Gasteiger partial charge >= 0.3 is 0 Å². The molecule has 7 aromatic carbocycles. The first-order chi connectivity index (χ1) is 33.2. The molecule has 0 bridgehead atoms. The molecule has 0 atom stereocenters. The van der Waals surface area contributed by atoms with E-state index in [-0.39, 0.29) is 0 Å². The van der Waals surface area contributed by atoms with Crippen molar-refractivity contribution in [3.63, 3.8) is 0 Å². The minimum Gasteiger partial charge on any atom is -0.456 e. The summed E-state index contributed by atoms with van der Waals surface area (Å²) in [7, 11) is 0. The molecule has 0 saturated heterocycles. The van der Waals surface area contributed by atoms with Gasteiger partial charge in [-0.05, 0) is 59.9 Å².